The number of carbonyl (C=O) groups excluding carboxylic acids is 1. The van der Waals surface area contributed by atoms with Crippen LogP contribution in [0.15, 0.2) is 42.6 Å². The van der Waals surface area contributed by atoms with Crippen molar-refractivity contribution in [3.8, 4) is 11.6 Å². The van der Waals surface area contributed by atoms with Gasteiger partial charge in [-0.2, -0.15) is 0 Å². The first-order valence-electron chi connectivity index (χ1n) is 6.93. The van der Waals surface area contributed by atoms with Crippen molar-refractivity contribution in [2.45, 2.75) is 25.9 Å². The lowest BCUT2D eigenvalue weighted by Gasteiger charge is -2.09. The third-order valence-electron chi connectivity index (χ3n) is 2.83. The number of nitrogens with one attached hydrogen (secondary N) is 1. The standard InChI is InChI=1S/C16H18FN3O2.2ClH/c1-11(18)8-15(21)20-10-12-6-7-19-16(9-12)22-14-4-2-13(17)3-5-14;;/h2-7,9,11H,8,10,18H2,1H3,(H,20,21);2*1H. The molecule has 1 amide bonds. The smallest absolute Gasteiger partial charge is 0.221 e. The lowest BCUT2D eigenvalue weighted by Crippen LogP contribution is -2.29. The lowest BCUT2D eigenvalue weighted by atomic mass is 10.2. The number of nitrogens with two attached hydrogens (primary N) is 1. The van der Waals surface area contributed by atoms with Gasteiger partial charge in [0.2, 0.25) is 11.8 Å². The number of nitrogens with zero attached hydrogens (tertiary/aromatic N) is 1. The summed E-state index contributed by atoms with van der Waals surface area (Å²) in [4.78, 5) is 15.6. The van der Waals surface area contributed by atoms with Gasteiger partial charge in [-0.3, -0.25) is 4.79 Å². The molecule has 1 heterocycles. The van der Waals surface area contributed by atoms with E-state index in [2.05, 4.69) is 10.3 Å². The fourth-order valence-corrected chi connectivity index (χ4v) is 1.80. The minimum Gasteiger partial charge on any atom is -0.439 e. The summed E-state index contributed by atoms with van der Waals surface area (Å²) in [5.41, 5.74) is 6.42. The Morgan fingerprint density at radius 3 is 2.58 bits per heavy atom. The Labute approximate surface area is 152 Å². The number of hydrogen-bond acceptors (Lipinski definition) is 4. The summed E-state index contributed by atoms with van der Waals surface area (Å²) >= 11 is 0. The first-order valence-corrected chi connectivity index (χ1v) is 6.93. The van der Waals surface area contributed by atoms with E-state index in [4.69, 9.17) is 10.5 Å². The van der Waals surface area contributed by atoms with Gasteiger partial charge in [0, 0.05) is 31.3 Å². The second kappa shape index (κ2) is 10.8. The summed E-state index contributed by atoms with van der Waals surface area (Å²) in [7, 11) is 0. The lowest BCUT2D eigenvalue weighted by molar-refractivity contribution is -0.121. The molecule has 0 bridgehead atoms. The quantitative estimate of drug-likeness (QED) is 0.812. The molecule has 1 aromatic carbocycles. The predicted octanol–water partition coefficient (Wildman–Crippen LogP) is 3.21. The first kappa shape index (κ1) is 22.1. The van der Waals surface area contributed by atoms with Crippen LogP contribution in [-0.2, 0) is 11.3 Å². The second-order valence-electron chi connectivity index (χ2n) is 5.02. The van der Waals surface area contributed by atoms with E-state index in [1.165, 1.54) is 24.3 Å². The Morgan fingerprint density at radius 2 is 1.96 bits per heavy atom. The molecule has 0 radical (unpaired) electrons. The first-order chi connectivity index (χ1) is 10.5. The molecule has 0 saturated heterocycles. The Hall–Kier alpha value is -1.89. The van der Waals surface area contributed by atoms with Crippen LogP contribution in [0.25, 0.3) is 0 Å². The fraction of sp³-hybridized carbons (Fsp3) is 0.250. The highest BCUT2D eigenvalue weighted by atomic mass is 35.5. The molecule has 0 saturated carbocycles. The minimum atomic E-state index is -0.328. The summed E-state index contributed by atoms with van der Waals surface area (Å²) in [6.45, 7) is 2.15. The molecule has 0 aliphatic carbocycles. The van der Waals surface area contributed by atoms with Crippen molar-refractivity contribution in [1.82, 2.24) is 10.3 Å². The third kappa shape index (κ3) is 7.59. The number of aromatic nitrogens is 1. The van der Waals surface area contributed by atoms with Crippen LogP contribution in [0.1, 0.15) is 18.9 Å². The van der Waals surface area contributed by atoms with E-state index in [0.29, 0.717) is 18.2 Å². The molecule has 132 valence electrons. The maximum Gasteiger partial charge on any atom is 0.221 e. The normalized spacial score (nSPS) is 10.8. The number of rotatable bonds is 6. The van der Waals surface area contributed by atoms with Crippen LogP contribution in [0.5, 0.6) is 11.6 Å². The van der Waals surface area contributed by atoms with Gasteiger partial charge in [0.15, 0.2) is 0 Å². The molecule has 1 unspecified atom stereocenters. The van der Waals surface area contributed by atoms with E-state index in [1.807, 2.05) is 0 Å². The molecule has 0 spiro atoms. The van der Waals surface area contributed by atoms with Crippen LogP contribution >= 0.6 is 24.8 Å². The molecule has 24 heavy (non-hydrogen) atoms. The monoisotopic (exact) mass is 375 g/mol. The van der Waals surface area contributed by atoms with Gasteiger partial charge in [-0.1, -0.05) is 0 Å². The highest BCUT2D eigenvalue weighted by Crippen LogP contribution is 2.20. The summed E-state index contributed by atoms with van der Waals surface area (Å²) in [6, 6.07) is 9.00. The number of benzene rings is 1. The van der Waals surface area contributed by atoms with Crippen LogP contribution in [0.4, 0.5) is 4.39 Å². The minimum absolute atomic E-state index is 0. The summed E-state index contributed by atoms with van der Waals surface area (Å²) in [5.74, 6) is 0.441. The van der Waals surface area contributed by atoms with Gasteiger partial charge < -0.3 is 15.8 Å². The summed E-state index contributed by atoms with van der Waals surface area (Å²) < 4.78 is 18.4. The molecule has 5 nitrogen and oxygen atoms in total. The maximum atomic E-state index is 12.8. The Kier molecular flexibility index (Phi) is 9.95. The zero-order valence-electron chi connectivity index (χ0n) is 13.1. The topological polar surface area (TPSA) is 77.2 Å². The van der Waals surface area contributed by atoms with Gasteiger partial charge in [-0.25, -0.2) is 9.37 Å². The fourth-order valence-electron chi connectivity index (χ4n) is 1.80. The summed E-state index contributed by atoms with van der Waals surface area (Å²) in [5, 5.41) is 2.78. The van der Waals surface area contributed by atoms with Gasteiger partial charge >= 0.3 is 0 Å². The average molecular weight is 376 g/mol. The molecule has 0 aliphatic rings. The van der Waals surface area contributed by atoms with E-state index in [0.717, 1.165) is 5.56 Å². The highest BCUT2D eigenvalue weighted by Gasteiger charge is 2.06. The number of ether oxygens (including phenoxy) is 1. The molecule has 0 aliphatic heterocycles. The van der Waals surface area contributed by atoms with E-state index in [-0.39, 0.29) is 49.0 Å². The van der Waals surface area contributed by atoms with Crippen LogP contribution in [0, 0.1) is 5.82 Å². The highest BCUT2D eigenvalue weighted by molar-refractivity contribution is 5.85. The van der Waals surface area contributed by atoms with Crippen molar-refractivity contribution in [2.24, 2.45) is 5.73 Å². The van der Waals surface area contributed by atoms with Crippen molar-refractivity contribution in [1.29, 1.82) is 0 Å². The van der Waals surface area contributed by atoms with Gasteiger partial charge in [0.25, 0.3) is 0 Å². The SMILES string of the molecule is CC(N)CC(=O)NCc1ccnc(Oc2ccc(F)cc2)c1.Cl.Cl. The van der Waals surface area contributed by atoms with Crippen molar-refractivity contribution in [3.63, 3.8) is 0 Å². The van der Waals surface area contributed by atoms with Crippen LogP contribution in [0.3, 0.4) is 0 Å². The third-order valence-corrected chi connectivity index (χ3v) is 2.83. The maximum absolute atomic E-state index is 12.8. The van der Waals surface area contributed by atoms with Gasteiger partial charge in [-0.15, -0.1) is 24.8 Å². The van der Waals surface area contributed by atoms with Crippen LogP contribution < -0.4 is 15.8 Å². The van der Waals surface area contributed by atoms with E-state index in [1.54, 1.807) is 25.3 Å². The molecule has 3 N–H and O–H groups in total. The zero-order valence-corrected chi connectivity index (χ0v) is 14.7. The summed E-state index contributed by atoms with van der Waals surface area (Å²) in [6.07, 6.45) is 1.87. The Balaban J connectivity index is 0.00000264. The number of carbonyl (C=O) groups is 1. The second-order valence-corrected chi connectivity index (χ2v) is 5.02. The molecule has 8 heteroatoms. The molecule has 1 atom stereocenters. The molecule has 1 aromatic heterocycles. The van der Waals surface area contributed by atoms with Crippen molar-refractivity contribution < 1.29 is 13.9 Å². The molecule has 0 fully saturated rings. The predicted molar refractivity (Wildman–Crippen MR) is 95.3 cm³/mol. The number of amides is 1. The van der Waals surface area contributed by atoms with Gasteiger partial charge in [0.05, 0.1) is 0 Å². The van der Waals surface area contributed by atoms with Crippen LogP contribution in [-0.4, -0.2) is 16.9 Å². The molecular weight excluding hydrogens is 356 g/mol. The Bertz CT molecular complexity index is 639. The number of halogens is 3. The van der Waals surface area contributed by atoms with E-state index < -0.39 is 0 Å². The average Bonchev–Trinajstić information content (AvgIpc) is 2.47. The molecular formula is C16H20Cl2FN3O2. The van der Waals surface area contributed by atoms with Crippen LogP contribution in [0.2, 0.25) is 0 Å². The van der Waals surface area contributed by atoms with E-state index in [9.17, 15) is 9.18 Å². The van der Waals surface area contributed by atoms with E-state index >= 15 is 0 Å². The molecule has 2 aromatic rings. The zero-order chi connectivity index (χ0) is 15.9. The Morgan fingerprint density at radius 1 is 1.29 bits per heavy atom. The number of pyridine rings is 1. The van der Waals surface area contributed by atoms with Gasteiger partial charge in [-0.05, 0) is 42.8 Å². The van der Waals surface area contributed by atoms with Crippen molar-refractivity contribution in [3.05, 3.63) is 54.0 Å². The molecule has 2 rings (SSSR count). The largest absolute Gasteiger partial charge is 0.439 e. The van der Waals surface area contributed by atoms with Gasteiger partial charge in [0.1, 0.15) is 11.6 Å². The van der Waals surface area contributed by atoms with Crippen molar-refractivity contribution in [2.75, 3.05) is 0 Å². The number of hydrogen-bond donors (Lipinski definition) is 2. The van der Waals surface area contributed by atoms with Crippen molar-refractivity contribution >= 4 is 30.7 Å².